The Balaban J connectivity index is 1.57. The summed E-state index contributed by atoms with van der Waals surface area (Å²) >= 11 is 0. The Morgan fingerprint density at radius 3 is 2.60 bits per heavy atom. The van der Waals surface area contributed by atoms with Gasteiger partial charge in [0.15, 0.2) is 0 Å². The van der Waals surface area contributed by atoms with Crippen molar-refractivity contribution in [1.29, 1.82) is 0 Å². The molecule has 156 valence electrons. The van der Waals surface area contributed by atoms with Crippen LogP contribution in [-0.2, 0) is 9.59 Å². The monoisotopic (exact) mass is 409 g/mol. The lowest BCUT2D eigenvalue weighted by Gasteiger charge is -2.38. The van der Waals surface area contributed by atoms with E-state index in [0.29, 0.717) is 22.7 Å². The summed E-state index contributed by atoms with van der Waals surface area (Å²) in [5.74, 6) is -0.316. The zero-order valence-electron chi connectivity index (χ0n) is 16.9. The van der Waals surface area contributed by atoms with Gasteiger partial charge in [0.25, 0.3) is 5.91 Å². The van der Waals surface area contributed by atoms with Crippen LogP contribution in [0.2, 0.25) is 0 Å². The zero-order valence-corrected chi connectivity index (χ0v) is 16.9. The molecule has 7 heteroatoms. The fourth-order valence-electron chi connectivity index (χ4n) is 4.19. The Hall–Kier alpha value is -3.22. The second kappa shape index (κ2) is 8.26. The Labute approximate surface area is 174 Å². The van der Waals surface area contributed by atoms with E-state index in [1.807, 2.05) is 0 Å². The number of ether oxygens (including phenoxy) is 1. The topological polar surface area (TPSA) is 71.0 Å². The summed E-state index contributed by atoms with van der Waals surface area (Å²) in [4.78, 5) is 32.4. The number of benzene rings is 2. The molecule has 1 N–H and O–H groups in total. The van der Waals surface area contributed by atoms with Gasteiger partial charge in [-0.1, -0.05) is 12.5 Å². The molecule has 2 aromatic rings. The highest BCUT2D eigenvalue weighted by molar-refractivity contribution is 6.47. The molecule has 0 bridgehead atoms. The summed E-state index contributed by atoms with van der Waals surface area (Å²) in [5.41, 5.74) is 0.765. The SMILES string of the molecule is COc1cccc(NC(=O)CN2C(=O)C(c3ccc(F)cc3)=NC23CCCCC3)c1. The predicted molar refractivity (Wildman–Crippen MR) is 112 cm³/mol. The Kier molecular flexibility index (Phi) is 5.53. The number of hydrogen-bond donors (Lipinski definition) is 1. The van der Waals surface area contributed by atoms with E-state index in [9.17, 15) is 14.0 Å². The van der Waals surface area contributed by atoms with E-state index in [-0.39, 0.29) is 24.2 Å². The van der Waals surface area contributed by atoms with E-state index >= 15 is 0 Å². The average Bonchev–Trinajstić information content (AvgIpc) is 3.01. The molecule has 1 saturated carbocycles. The maximum atomic E-state index is 13.3. The van der Waals surface area contributed by atoms with E-state index < -0.39 is 5.66 Å². The molecule has 1 spiro atoms. The Morgan fingerprint density at radius 1 is 1.17 bits per heavy atom. The predicted octanol–water partition coefficient (Wildman–Crippen LogP) is 3.76. The van der Waals surface area contributed by atoms with Crippen molar-refractivity contribution in [3.8, 4) is 5.75 Å². The molecule has 4 rings (SSSR count). The number of halogens is 1. The van der Waals surface area contributed by atoms with E-state index in [4.69, 9.17) is 9.73 Å². The number of carbonyl (C=O) groups is 2. The number of rotatable bonds is 5. The van der Waals surface area contributed by atoms with Crippen molar-refractivity contribution in [3.63, 3.8) is 0 Å². The molecule has 0 atom stereocenters. The van der Waals surface area contributed by atoms with Gasteiger partial charge in [-0.05, 0) is 62.1 Å². The minimum absolute atomic E-state index is 0.0930. The molecule has 0 unspecified atom stereocenters. The van der Waals surface area contributed by atoms with Gasteiger partial charge in [0.1, 0.15) is 29.5 Å². The van der Waals surface area contributed by atoms with Gasteiger partial charge in [0, 0.05) is 17.3 Å². The van der Waals surface area contributed by atoms with Gasteiger partial charge >= 0.3 is 0 Å². The molecule has 2 aliphatic rings. The highest BCUT2D eigenvalue weighted by atomic mass is 19.1. The number of amides is 2. The highest BCUT2D eigenvalue weighted by Crippen LogP contribution is 2.39. The third kappa shape index (κ3) is 3.92. The summed E-state index contributed by atoms with van der Waals surface area (Å²) < 4.78 is 18.5. The smallest absolute Gasteiger partial charge is 0.275 e. The second-order valence-electron chi connectivity index (χ2n) is 7.68. The van der Waals surface area contributed by atoms with Crippen LogP contribution in [0.25, 0.3) is 0 Å². The van der Waals surface area contributed by atoms with Gasteiger partial charge in [0.05, 0.1) is 7.11 Å². The molecule has 6 nitrogen and oxygen atoms in total. The second-order valence-corrected chi connectivity index (χ2v) is 7.68. The number of anilines is 1. The van der Waals surface area contributed by atoms with E-state index in [1.54, 1.807) is 48.4 Å². The van der Waals surface area contributed by atoms with E-state index in [1.165, 1.54) is 12.1 Å². The van der Waals surface area contributed by atoms with Gasteiger partial charge in [-0.3, -0.25) is 14.6 Å². The summed E-state index contributed by atoms with van der Waals surface area (Å²) in [5, 5.41) is 2.83. The van der Waals surface area contributed by atoms with Crippen LogP contribution in [0.3, 0.4) is 0 Å². The largest absolute Gasteiger partial charge is 0.497 e. The molecule has 1 heterocycles. The van der Waals surface area contributed by atoms with Crippen molar-refractivity contribution in [3.05, 3.63) is 59.9 Å². The highest BCUT2D eigenvalue weighted by Gasteiger charge is 2.48. The maximum absolute atomic E-state index is 13.3. The molecular weight excluding hydrogens is 385 g/mol. The third-order valence-corrected chi connectivity index (χ3v) is 5.70. The van der Waals surface area contributed by atoms with Crippen molar-refractivity contribution in [1.82, 2.24) is 4.90 Å². The molecule has 0 radical (unpaired) electrons. The van der Waals surface area contributed by atoms with Crippen LogP contribution in [0.4, 0.5) is 10.1 Å². The number of hydrogen-bond acceptors (Lipinski definition) is 4. The number of nitrogens with one attached hydrogen (secondary N) is 1. The average molecular weight is 409 g/mol. The van der Waals surface area contributed by atoms with Gasteiger partial charge in [-0.25, -0.2) is 4.39 Å². The maximum Gasteiger partial charge on any atom is 0.275 e. The van der Waals surface area contributed by atoms with Crippen LogP contribution in [0.5, 0.6) is 5.75 Å². The quantitative estimate of drug-likeness (QED) is 0.817. The van der Waals surface area contributed by atoms with Crippen LogP contribution in [-0.4, -0.2) is 41.7 Å². The summed E-state index contributed by atoms with van der Waals surface area (Å²) in [7, 11) is 1.56. The molecule has 1 fully saturated rings. The minimum Gasteiger partial charge on any atom is -0.497 e. The van der Waals surface area contributed by atoms with Crippen LogP contribution in [0, 0.1) is 5.82 Å². The van der Waals surface area contributed by atoms with E-state index in [2.05, 4.69) is 5.32 Å². The first kappa shape index (κ1) is 20.1. The molecule has 1 aliphatic heterocycles. The normalized spacial score (nSPS) is 17.7. The summed E-state index contributed by atoms with van der Waals surface area (Å²) in [6, 6.07) is 12.8. The van der Waals surface area contributed by atoms with Crippen LogP contribution in [0.1, 0.15) is 37.7 Å². The van der Waals surface area contributed by atoms with Crippen molar-refractivity contribution >= 4 is 23.2 Å². The number of aliphatic imine (C=N–C) groups is 1. The fraction of sp³-hybridized carbons (Fsp3) is 0.348. The van der Waals surface area contributed by atoms with E-state index in [0.717, 1.165) is 32.1 Å². The lowest BCUT2D eigenvalue weighted by atomic mass is 9.88. The molecule has 30 heavy (non-hydrogen) atoms. The first-order chi connectivity index (χ1) is 14.5. The molecule has 2 amide bonds. The number of nitrogens with zero attached hydrogens (tertiary/aromatic N) is 2. The van der Waals surface area contributed by atoms with Crippen molar-refractivity contribution < 1.29 is 18.7 Å². The van der Waals surface area contributed by atoms with Gasteiger partial charge < -0.3 is 15.0 Å². The summed E-state index contributed by atoms with van der Waals surface area (Å²) in [6.07, 6.45) is 4.41. The van der Waals surface area contributed by atoms with Crippen molar-refractivity contribution in [2.75, 3.05) is 19.0 Å². The van der Waals surface area contributed by atoms with Gasteiger partial charge in [0.2, 0.25) is 5.91 Å². The standard InChI is InChI=1S/C23H24FN3O3/c1-30-19-7-5-6-18(14-19)25-20(28)15-27-22(29)21(16-8-10-17(24)11-9-16)26-23(27)12-3-2-4-13-23/h5-11,14H,2-4,12-13,15H2,1H3,(H,25,28). The molecule has 2 aromatic carbocycles. The van der Waals surface area contributed by atoms with Crippen LogP contribution < -0.4 is 10.1 Å². The first-order valence-corrected chi connectivity index (χ1v) is 10.1. The van der Waals surface area contributed by atoms with Gasteiger partial charge in [-0.2, -0.15) is 0 Å². The molecule has 0 saturated heterocycles. The Bertz CT molecular complexity index is 981. The van der Waals surface area contributed by atoms with Crippen molar-refractivity contribution in [2.24, 2.45) is 4.99 Å². The third-order valence-electron chi connectivity index (χ3n) is 5.70. The lowest BCUT2D eigenvalue weighted by molar-refractivity contribution is -0.134. The summed E-state index contributed by atoms with van der Waals surface area (Å²) in [6.45, 7) is -0.0930. The van der Waals surface area contributed by atoms with Crippen molar-refractivity contribution in [2.45, 2.75) is 37.8 Å². The number of carbonyl (C=O) groups excluding carboxylic acids is 2. The van der Waals surface area contributed by atoms with Crippen LogP contribution >= 0.6 is 0 Å². The first-order valence-electron chi connectivity index (χ1n) is 10.1. The minimum atomic E-state index is -0.704. The van der Waals surface area contributed by atoms with Crippen LogP contribution in [0.15, 0.2) is 53.5 Å². The molecular formula is C23H24FN3O3. The zero-order chi connectivity index (χ0) is 21.1. The number of methoxy groups -OCH3 is 1. The Morgan fingerprint density at radius 2 is 1.90 bits per heavy atom. The lowest BCUT2D eigenvalue weighted by Crippen LogP contribution is -2.51. The fourth-order valence-corrected chi connectivity index (χ4v) is 4.19. The molecule has 1 aliphatic carbocycles. The van der Waals surface area contributed by atoms with Gasteiger partial charge in [-0.15, -0.1) is 0 Å². The molecule has 0 aromatic heterocycles.